The molecule has 5 nitrogen and oxygen atoms in total. The average molecular weight is 452 g/mol. The fraction of sp³-hybridized carbons (Fsp3) is 0.280. The van der Waals surface area contributed by atoms with E-state index >= 15 is 0 Å². The number of fused-ring (bicyclic) bond motifs is 3. The quantitative estimate of drug-likeness (QED) is 0.370. The highest BCUT2D eigenvalue weighted by atomic mass is 19.4. The first-order valence-electron chi connectivity index (χ1n) is 10.8. The van der Waals surface area contributed by atoms with Crippen LogP contribution in [0.5, 0.6) is 5.75 Å². The van der Waals surface area contributed by atoms with Crippen molar-refractivity contribution in [1.29, 1.82) is 0 Å². The standard InChI is InChI=1S/C25H23F3N4O/c1-16-29-13-14-32(16)15-17-7-12-22-23(20-5-3-4-6-21(20)31(22)2)24(17)30-33-19-10-8-18(9-11-19)25(26,27)28/h3-6,8-11,13-14,17H,7,12,15H2,1-2H3/b30-24+. The van der Waals surface area contributed by atoms with E-state index in [1.807, 2.05) is 25.3 Å². The van der Waals surface area contributed by atoms with Crippen LogP contribution in [-0.4, -0.2) is 19.8 Å². The maximum atomic E-state index is 12.9. The Kier molecular flexibility index (Phi) is 5.23. The zero-order chi connectivity index (χ0) is 23.2. The lowest BCUT2D eigenvalue weighted by molar-refractivity contribution is -0.137. The summed E-state index contributed by atoms with van der Waals surface area (Å²) in [6, 6.07) is 12.8. The van der Waals surface area contributed by atoms with Gasteiger partial charge in [-0.2, -0.15) is 13.2 Å². The summed E-state index contributed by atoms with van der Waals surface area (Å²) in [7, 11) is 2.05. The number of hydrogen-bond acceptors (Lipinski definition) is 3. The first-order valence-corrected chi connectivity index (χ1v) is 10.8. The van der Waals surface area contributed by atoms with E-state index in [-0.39, 0.29) is 11.7 Å². The molecule has 1 atom stereocenters. The predicted octanol–water partition coefficient (Wildman–Crippen LogP) is 5.75. The molecule has 1 aliphatic carbocycles. The van der Waals surface area contributed by atoms with Gasteiger partial charge in [0.15, 0.2) is 5.75 Å². The molecule has 0 fully saturated rings. The fourth-order valence-electron chi connectivity index (χ4n) is 4.62. The Balaban J connectivity index is 1.56. The van der Waals surface area contributed by atoms with Crippen molar-refractivity contribution in [2.75, 3.05) is 0 Å². The number of rotatable bonds is 4. The molecule has 1 unspecified atom stereocenters. The van der Waals surface area contributed by atoms with E-state index in [2.05, 4.69) is 38.5 Å². The molecular formula is C25H23F3N4O. The molecule has 1 aliphatic rings. The zero-order valence-corrected chi connectivity index (χ0v) is 18.3. The summed E-state index contributed by atoms with van der Waals surface area (Å²) in [4.78, 5) is 10.0. The number of hydrogen-bond donors (Lipinski definition) is 0. The van der Waals surface area contributed by atoms with Gasteiger partial charge in [-0.25, -0.2) is 4.98 Å². The molecule has 0 saturated carbocycles. The molecule has 4 aromatic rings. The number of para-hydroxylation sites is 1. The van der Waals surface area contributed by atoms with E-state index in [1.165, 1.54) is 17.8 Å². The fourth-order valence-corrected chi connectivity index (χ4v) is 4.62. The normalized spacial score (nSPS) is 17.5. The number of nitrogens with zero attached hydrogens (tertiary/aromatic N) is 4. The van der Waals surface area contributed by atoms with Crippen LogP contribution in [0.1, 0.15) is 29.1 Å². The van der Waals surface area contributed by atoms with Crippen LogP contribution in [0.2, 0.25) is 0 Å². The highest BCUT2D eigenvalue weighted by molar-refractivity contribution is 6.13. The summed E-state index contributed by atoms with van der Waals surface area (Å²) < 4.78 is 43.0. The van der Waals surface area contributed by atoms with Crippen molar-refractivity contribution < 1.29 is 18.0 Å². The van der Waals surface area contributed by atoms with Crippen molar-refractivity contribution in [1.82, 2.24) is 14.1 Å². The summed E-state index contributed by atoms with van der Waals surface area (Å²) in [5, 5.41) is 5.62. The number of imidazole rings is 1. The van der Waals surface area contributed by atoms with Crippen LogP contribution >= 0.6 is 0 Å². The average Bonchev–Trinajstić information content (AvgIpc) is 3.33. The maximum Gasteiger partial charge on any atom is 0.416 e. The smallest absolute Gasteiger partial charge is 0.357 e. The molecule has 5 rings (SSSR count). The number of benzene rings is 2. The molecular weight excluding hydrogens is 429 g/mol. The number of aromatic nitrogens is 3. The topological polar surface area (TPSA) is 44.3 Å². The molecule has 33 heavy (non-hydrogen) atoms. The number of alkyl halides is 3. The van der Waals surface area contributed by atoms with Crippen molar-refractivity contribution in [3.63, 3.8) is 0 Å². The van der Waals surface area contributed by atoms with Crippen LogP contribution < -0.4 is 4.84 Å². The third-order valence-corrected chi connectivity index (χ3v) is 6.37. The van der Waals surface area contributed by atoms with Crippen LogP contribution in [0.25, 0.3) is 10.9 Å². The molecule has 0 spiro atoms. The Hall–Kier alpha value is -3.55. The molecule has 0 radical (unpaired) electrons. The second-order valence-corrected chi connectivity index (χ2v) is 8.35. The monoisotopic (exact) mass is 452 g/mol. The van der Waals surface area contributed by atoms with Gasteiger partial charge in [0.2, 0.25) is 0 Å². The lowest BCUT2D eigenvalue weighted by Crippen LogP contribution is -2.28. The molecule has 0 aliphatic heterocycles. The Morgan fingerprint density at radius 3 is 2.58 bits per heavy atom. The summed E-state index contributed by atoms with van der Waals surface area (Å²) >= 11 is 0. The molecule has 8 heteroatoms. The van der Waals surface area contributed by atoms with Gasteiger partial charge < -0.3 is 14.0 Å². The second kappa shape index (κ2) is 8.10. The summed E-state index contributed by atoms with van der Waals surface area (Å²) in [5.41, 5.74) is 3.44. The number of halogens is 3. The molecule has 170 valence electrons. The highest BCUT2D eigenvalue weighted by Gasteiger charge is 2.32. The number of oxime groups is 1. The Morgan fingerprint density at radius 1 is 1.12 bits per heavy atom. The lowest BCUT2D eigenvalue weighted by atomic mass is 9.84. The van der Waals surface area contributed by atoms with E-state index in [9.17, 15) is 13.2 Å². The van der Waals surface area contributed by atoms with Crippen LogP contribution in [0, 0.1) is 12.8 Å². The van der Waals surface area contributed by atoms with Crippen molar-refractivity contribution in [3.05, 3.63) is 83.6 Å². The van der Waals surface area contributed by atoms with Gasteiger partial charge in [-0.1, -0.05) is 23.4 Å². The Bertz CT molecular complexity index is 1330. The summed E-state index contributed by atoms with van der Waals surface area (Å²) in [5.74, 6) is 1.26. The van der Waals surface area contributed by atoms with Gasteiger partial charge in [-0.15, -0.1) is 0 Å². The van der Waals surface area contributed by atoms with Crippen molar-refractivity contribution in [3.8, 4) is 5.75 Å². The summed E-state index contributed by atoms with van der Waals surface area (Å²) in [6.07, 6.45) is 1.11. The van der Waals surface area contributed by atoms with Crippen LogP contribution in [0.3, 0.4) is 0 Å². The van der Waals surface area contributed by atoms with Crippen LogP contribution in [0.15, 0.2) is 66.1 Å². The minimum absolute atomic E-state index is 0.0747. The van der Waals surface area contributed by atoms with Crippen molar-refractivity contribution in [2.45, 2.75) is 32.5 Å². The van der Waals surface area contributed by atoms with Gasteiger partial charge in [0.25, 0.3) is 0 Å². The van der Waals surface area contributed by atoms with E-state index in [0.717, 1.165) is 53.0 Å². The lowest BCUT2D eigenvalue weighted by Gasteiger charge is -2.26. The molecule has 2 aromatic carbocycles. The van der Waals surface area contributed by atoms with E-state index < -0.39 is 11.7 Å². The molecule has 2 heterocycles. The highest BCUT2D eigenvalue weighted by Crippen LogP contribution is 2.36. The minimum Gasteiger partial charge on any atom is -0.357 e. The SMILES string of the molecule is Cc1nccn1CC1CCc2c(c3ccccc3n2C)/C1=N/Oc1ccc(C(F)(F)F)cc1. The van der Waals surface area contributed by atoms with Crippen LogP contribution in [0.4, 0.5) is 13.2 Å². The number of aryl methyl sites for hydroxylation is 2. The molecule has 0 saturated heterocycles. The molecule has 0 amide bonds. The third-order valence-electron chi connectivity index (χ3n) is 6.37. The van der Waals surface area contributed by atoms with Gasteiger partial charge >= 0.3 is 6.18 Å². The predicted molar refractivity (Wildman–Crippen MR) is 120 cm³/mol. The van der Waals surface area contributed by atoms with Gasteiger partial charge in [0.1, 0.15) is 5.82 Å². The third kappa shape index (κ3) is 3.90. The van der Waals surface area contributed by atoms with Gasteiger partial charge in [-0.3, -0.25) is 0 Å². The first kappa shape index (κ1) is 21.3. The summed E-state index contributed by atoms with van der Waals surface area (Å²) in [6.45, 7) is 2.66. The molecule has 0 bridgehead atoms. The van der Waals surface area contributed by atoms with Gasteiger partial charge in [-0.05, 0) is 50.1 Å². The Morgan fingerprint density at radius 2 is 1.88 bits per heavy atom. The van der Waals surface area contributed by atoms with Crippen molar-refractivity contribution >= 4 is 16.6 Å². The largest absolute Gasteiger partial charge is 0.416 e. The van der Waals surface area contributed by atoms with Crippen molar-refractivity contribution in [2.24, 2.45) is 18.1 Å². The van der Waals surface area contributed by atoms with Crippen LogP contribution in [-0.2, 0) is 26.2 Å². The van der Waals surface area contributed by atoms with E-state index in [1.54, 1.807) is 6.20 Å². The zero-order valence-electron chi connectivity index (χ0n) is 18.3. The van der Waals surface area contributed by atoms with E-state index in [4.69, 9.17) is 4.84 Å². The van der Waals surface area contributed by atoms with Gasteiger partial charge in [0, 0.05) is 54.1 Å². The first-order chi connectivity index (χ1) is 15.8. The van der Waals surface area contributed by atoms with Gasteiger partial charge in [0.05, 0.1) is 11.3 Å². The maximum absolute atomic E-state index is 12.9. The Labute approximate surface area is 189 Å². The second-order valence-electron chi connectivity index (χ2n) is 8.35. The minimum atomic E-state index is -4.39. The van der Waals surface area contributed by atoms with E-state index in [0.29, 0.717) is 6.54 Å². The molecule has 0 N–H and O–H groups in total. The molecule has 2 aromatic heterocycles.